The second-order valence-electron chi connectivity index (χ2n) is 2.08. The average Bonchev–Trinajstić information content (AvgIpc) is 2.08. The van der Waals surface area contributed by atoms with Crippen LogP contribution < -0.4 is 5.32 Å². The third-order valence-corrected chi connectivity index (χ3v) is 1.97. The van der Waals surface area contributed by atoms with E-state index in [1.807, 2.05) is 0 Å². The summed E-state index contributed by atoms with van der Waals surface area (Å²) in [5.41, 5.74) is 0.395. The molecule has 0 spiro atoms. The molecule has 0 aliphatic carbocycles. The lowest BCUT2D eigenvalue weighted by Gasteiger charge is -1.99. The van der Waals surface area contributed by atoms with Gasteiger partial charge in [-0.25, -0.2) is 4.98 Å². The standard InChI is InChI=1S/C7H6Cl2N2O/c1-10-7(12)4-2-5(8)6(9)11-3-4/h2-3H,1H3,(H,10,12). The van der Waals surface area contributed by atoms with Crippen LogP contribution in [0.25, 0.3) is 0 Å². The molecule has 64 valence electrons. The number of nitrogens with zero attached hydrogens (tertiary/aromatic N) is 1. The molecule has 1 rings (SSSR count). The van der Waals surface area contributed by atoms with Crippen molar-refractivity contribution >= 4 is 29.1 Å². The van der Waals surface area contributed by atoms with Crippen LogP contribution in [0.3, 0.4) is 0 Å². The largest absolute Gasteiger partial charge is 0.355 e. The number of carbonyl (C=O) groups is 1. The lowest BCUT2D eigenvalue weighted by molar-refractivity contribution is 0.0963. The Hall–Kier alpha value is -0.800. The van der Waals surface area contributed by atoms with Gasteiger partial charge in [-0.3, -0.25) is 4.79 Å². The number of hydrogen-bond acceptors (Lipinski definition) is 2. The number of pyridine rings is 1. The second-order valence-corrected chi connectivity index (χ2v) is 2.84. The first-order chi connectivity index (χ1) is 5.65. The summed E-state index contributed by atoms with van der Waals surface area (Å²) in [6.45, 7) is 0. The molecular weight excluding hydrogens is 199 g/mol. The van der Waals surface area contributed by atoms with Gasteiger partial charge in [-0.2, -0.15) is 0 Å². The van der Waals surface area contributed by atoms with Crippen molar-refractivity contribution in [3.63, 3.8) is 0 Å². The molecule has 0 saturated heterocycles. The smallest absolute Gasteiger partial charge is 0.252 e. The molecular formula is C7H6Cl2N2O. The van der Waals surface area contributed by atoms with Gasteiger partial charge in [-0.1, -0.05) is 23.2 Å². The fraction of sp³-hybridized carbons (Fsp3) is 0.143. The maximum atomic E-state index is 11.0. The molecule has 0 radical (unpaired) electrons. The maximum Gasteiger partial charge on any atom is 0.252 e. The van der Waals surface area contributed by atoms with Gasteiger partial charge in [0.15, 0.2) is 0 Å². The molecule has 1 N–H and O–H groups in total. The van der Waals surface area contributed by atoms with Crippen LogP contribution in [0.15, 0.2) is 12.3 Å². The minimum atomic E-state index is -0.235. The molecule has 0 aliphatic heterocycles. The van der Waals surface area contributed by atoms with E-state index in [0.29, 0.717) is 5.56 Å². The minimum Gasteiger partial charge on any atom is -0.355 e. The molecule has 0 atom stereocenters. The van der Waals surface area contributed by atoms with E-state index in [4.69, 9.17) is 23.2 Å². The normalized spacial score (nSPS) is 9.58. The summed E-state index contributed by atoms with van der Waals surface area (Å²) in [6.07, 6.45) is 1.37. The zero-order valence-corrected chi connectivity index (χ0v) is 7.78. The number of carbonyl (C=O) groups excluding carboxylic acids is 1. The summed E-state index contributed by atoms with van der Waals surface area (Å²) in [5.74, 6) is -0.235. The maximum absolute atomic E-state index is 11.0. The second kappa shape index (κ2) is 3.74. The van der Waals surface area contributed by atoms with E-state index in [9.17, 15) is 4.79 Å². The molecule has 0 aliphatic rings. The molecule has 1 amide bonds. The Morgan fingerprint density at radius 1 is 1.58 bits per heavy atom. The van der Waals surface area contributed by atoms with Crippen LogP contribution in [-0.4, -0.2) is 17.9 Å². The van der Waals surface area contributed by atoms with Gasteiger partial charge in [-0.05, 0) is 6.07 Å². The van der Waals surface area contributed by atoms with Gasteiger partial charge in [0.25, 0.3) is 5.91 Å². The van der Waals surface area contributed by atoms with Crippen molar-refractivity contribution in [1.29, 1.82) is 0 Å². The summed E-state index contributed by atoms with van der Waals surface area (Å²) in [7, 11) is 1.53. The van der Waals surface area contributed by atoms with Crippen molar-refractivity contribution in [1.82, 2.24) is 10.3 Å². The summed E-state index contributed by atoms with van der Waals surface area (Å²) >= 11 is 11.2. The lowest BCUT2D eigenvalue weighted by atomic mass is 10.3. The highest BCUT2D eigenvalue weighted by Crippen LogP contribution is 2.19. The first kappa shape index (κ1) is 9.29. The summed E-state index contributed by atoms with van der Waals surface area (Å²) in [6, 6.07) is 1.47. The summed E-state index contributed by atoms with van der Waals surface area (Å²) in [5, 5.41) is 2.92. The molecule has 5 heteroatoms. The Balaban J connectivity index is 3.05. The molecule has 0 unspecified atom stereocenters. The van der Waals surface area contributed by atoms with Crippen LogP contribution in [0.2, 0.25) is 10.2 Å². The Bertz CT molecular complexity index is 314. The van der Waals surface area contributed by atoms with Gasteiger partial charge >= 0.3 is 0 Å². The van der Waals surface area contributed by atoms with Crippen molar-refractivity contribution < 1.29 is 4.79 Å². The Morgan fingerprint density at radius 2 is 2.25 bits per heavy atom. The van der Waals surface area contributed by atoms with Crippen molar-refractivity contribution in [3.8, 4) is 0 Å². The average molecular weight is 205 g/mol. The number of rotatable bonds is 1. The zero-order valence-electron chi connectivity index (χ0n) is 6.27. The van der Waals surface area contributed by atoms with E-state index >= 15 is 0 Å². The zero-order chi connectivity index (χ0) is 9.14. The lowest BCUT2D eigenvalue weighted by Crippen LogP contribution is -2.17. The molecule has 1 aromatic heterocycles. The molecule has 1 aromatic rings. The molecule has 0 bridgehead atoms. The summed E-state index contributed by atoms with van der Waals surface area (Å²) < 4.78 is 0. The van der Waals surface area contributed by atoms with E-state index < -0.39 is 0 Å². The molecule has 0 saturated carbocycles. The minimum absolute atomic E-state index is 0.198. The van der Waals surface area contributed by atoms with Gasteiger partial charge in [0.05, 0.1) is 10.6 Å². The van der Waals surface area contributed by atoms with Crippen LogP contribution in [0, 0.1) is 0 Å². The molecule has 1 heterocycles. The number of nitrogens with one attached hydrogen (secondary N) is 1. The van der Waals surface area contributed by atoms with Gasteiger partial charge in [-0.15, -0.1) is 0 Å². The van der Waals surface area contributed by atoms with Crippen LogP contribution >= 0.6 is 23.2 Å². The van der Waals surface area contributed by atoms with Crippen LogP contribution in [0.1, 0.15) is 10.4 Å². The van der Waals surface area contributed by atoms with E-state index in [1.165, 1.54) is 19.3 Å². The highest BCUT2D eigenvalue weighted by atomic mass is 35.5. The third-order valence-electron chi connectivity index (χ3n) is 1.29. The topological polar surface area (TPSA) is 42.0 Å². The predicted molar refractivity (Wildman–Crippen MR) is 47.6 cm³/mol. The first-order valence-corrected chi connectivity index (χ1v) is 3.94. The fourth-order valence-electron chi connectivity index (χ4n) is 0.690. The predicted octanol–water partition coefficient (Wildman–Crippen LogP) is 1.75. The van der Waals surface area contributed by atoms with E-state index in [0.717, 1.165) is 0 Å². The van der Waals surface area contributed by atoms with E-state index in [2.05, 4.69) is 10.3 Å². The van der Waals surface area contributed by atoms with Crippen molar-refractivity contribution in [2.24, 2.45) is 0 Å². The highest BCUT2D eigenvalue weighted by Gasteiger charge is 2.06. The van der Waals surface area contributed by atoms with Crippen LogP contribution in [-0.2, 0) is 0 Å². The molecule has 12 heavy (non-hydrogen) atoms. The Labute approximate surface area is 79.7 Å². The molecule has 0 fully saturated rings. The van der Waals surface area contributed by atoms with Gasteiger partial charge in [0, 0.05) is 13.2 Å². The van der Waals surface area contributed by atoms with Crippen molar-refractivity contribution in [3.05, 3.63) is 28.0 Å². The Kier molecular flexibility index (Phi) is 2.89. The first-order valence-electron chi connectivity index (χ1n) is 3.18. The van der Waals surface area contributed by atoms with E-state index in [1.54, 1.807) is 0 Å². The van der Waals surface area contributed by atoms with Gasteiger partial charge in [0.1, 0.15) is 5.15 Å². The van der Waals surface area contributed by atoms with Crippen LogP contribution in [0.5, 0.6) is 0 Å². The number of hydrogen-bond donors (Lipinski definition) is 1. The molecule has 0 aromatic carbocycles. The highest BCUT2D eigenvalue weighted by molar-refractivity contribution is 6.41. The van der Waals surface area contributed by atoms with Crippen LogP contribution in [0.4, 0.5) is 0 Å². The molecule has 3 nitrogen and oxygen atoms in total. The van der Waals surface area contributed by atoms with Crippen molar-refractivity contribution in [2.75, 3.05) is 7.05 Å². The van der Waals surface area contributed by atoms with Gasteiger partial charge in [0.2, 0.25) is 0 Å². The quantitative estimate of drug-likeness (QED) is 0.709. The number of aromatic nitrogens is 1. The third kappa shape index (κ3) is 1.87. The fourth-order valence-corrected chi connectivity index (χ4v) is 0.959. The number of amides is 1. The Morgan fingerprint density at radius 3 is 2.75 bits per heavy atom. The summed E-state index contributed by atoms with van der Waals surface area (Å²) in [4.78, 5) is 14.7. The number of halogens is 2. The van der Waals surface area contributed by atoms with Gasteiger partial charge < -0.3 is 5.32 Å². The SMILES string of the molecule is CNC(=O)c1cnc(Cl)c(Cl)c1. The van der Waals surface area contributed by atoms with Crippen molar-refractivity contribution in [2.45, 2.75) is 0 Å². The monoisotopic (exact) mass is 204 g/mol. The van der Waals surface area contributed by atoms with E-state index in [-0.39, 0.29) is 16.1 Å².